The standard InChI is InChI=1S/C10H13NOS/c1-11(9-12)13-8-7-10-5-3-2-4-6-10/h2-6,9H,7-8H2,1H3. The van der Waals surface area contributed by atoms with Crippen LogP contribution in [0.25, 0.3) is 0 Å². The van der Waals surface area contributed by atoms with Crippen molar-refractivity contribution < 1.29 is 4.79 Å². The summed E-state index contributed by atoms with van der Waals surface area (Å²) in [6.45, 7) is 0. The van der Waals surface area contributed by atoms with Crippen LogP contribution in [0.2, 0.25) is 0 Å². The normalized spacial score (nSPS) is 9.62. The Hall–Kier alpha value is -0.960. The number of carbonyl (C=O) groups excluding carboxylic acids is 1. The Bertz CT molecular complexity index is 250. The number of amides is 1. The van der Waals surface area contributed by atoms with E-state index >= 15 is 0 Å². The van der Waals surface area contributed by atoms with Crippen LogP contribution in [0.1, 0.15) is 5.56 Å². The monoisotopic (exact) mass is 195 g/mol. The minimum Gasteiger partial charge on any atom is -0.292 e. The number of aryl methyl sites for hydroxylation is 1. The predicted octanol–water partition coefficient (Wildman–Crippen LogP) is 1.97. The lowest BCUT2D eigenvalue weighted by atomic mass is 10.2. The van der Waals surface area contributed by atoms with Gasteiger partial charge < -0.3 is 0 Å². The highest BCUT2D eigenvalue weighted by atomic mass is 32.2. The second-order valence-electron chi connectivity index (χ2n) is 2.72. The predicted molar refractivity (Wildman–Crippen MR) is 56.4 cm³/mol. The summed E-state index contributed by atoms with van der Waals surface area (Å²) in [6, 6.07) is 10.3. The first kappa shape index (κ1) is 10.1. The van der Waals surface area contributed by atoms with Gasteiger partial charge in [0, 0.05) is 12.8 Å². The summed E-state index contributed by atoms with van der Waals surface area (Å²) in [5.41, 5.74) is 1.31. The van der Waals surface area contributed by atoms with E-state index < -0.39 is 0 Å². The molecule has 0 radical (unpaired) electrons. The van der Waals surface area contributed by atoms with Crippen LogP contribution in [0.15, 0.2) is 30.3 Å². The number of hydrogen-bond donors (Lipinski definition) is 0. The fourth-order valence-corrected chi connectivity index (χ4v) is 1.66. The molecule has 0 aliphatic heterocycles. The van der Waals surface area contributed by atoms with Gasteiger partial charge in [0.2, 0.25) is 6.41 Å². The molecule has 0 unspecified atom stereocenters. The van der Waals surface area contributed by atoms with E-state index in [0.717, 1.165) is 18.6 Å². The molecule has 1 aromatic rings. The highest BCUT2D eigenvalue weighted by Crippen LogP contribution is 2.08. The zero-order chi connectivity index (χ0) is 9.52. The van der Waals surface area contributed by atoms with E-state index in [1.165, 1.54) is 17.5 Å². The zero-order valence-electron chi connectivity index (χ0n) is 7.64. The summed E-state index contributed by atoms with van der Waals surface area (Å²) in [4.78, 5) is 10.3. The van der Waals surface area contributed by atoms with Crippen molar-refractivity contribution in [3.05, 3.63) is 35.9 Å². The van der Waals surface area contributed by atoms with Crippen molar-refractivity contribution >= 4 is 18.4 Å². The third kappa shape index (κ3) is 3.99. The topological polar surface area (TPSA) is 20.3 Å². The molecule has 0 saturated heterocycles. The highest BCUT2D eigenvalue weighted by Gasteiger charge is 1.95. The first-order chi connectivity index (χ1) is 6.33. The molecule has 1 aromatic carbocycles. The van der Waals surface area contributed by atoms with Crippen LogP contribution in [0, 0.1) is 0 Å². The van der Waals surface area contributed by atoms with E-state index in [9.17, 15) is 4.79 Å². The fourth-order valence-electron chi connectivity index (χ4n) is 0.983. The highest BCUT2D eigenvalue weighted by molar-refractivity contribution is 7.97. The van der Waals surface area contributed by atoms with Crippen molar-refractivity contribution in [1.82, 2.24) is 4.31 Å². The average Bonchev–Trinajstić information content (AvgIpc) is 2.19. The van der Waals surface area contributed by atoms with Crippen molar-refractivity contribution in [3.63, 3.8) is 0 Å². The van der Waals surface area contributed by atoms with Crippen LogP contribution in [-0.2, 0) is 11.2 Å². The number of carbonyl (C=O) groups is 1. The summed E-state index contributed by atoms with van der Waals surface area (Å²) in [6.07, 6.45) is 1.83. The van der Waals surface area contributed by atoms with Crippen LogP contribution < -0.4 is 0 Å². The molecule has 3 heteroatoms. The summed E-state index contributed by atoms with van der Waals surface area (Å²) < 4.78 is 1.59. The maximum Gasteiger partial charge on any atom is 0.219 e. The van der Waals surface area contributed by atoms with Crippen molar-refractivity contribution in [1.29, 1.82) is 0 Å². The van der Waals surface area contributed by atoms with Gasteiger partial charge >= 0.3 is 0 Å². The Morgan fingerprint density at radius 1 is 1.38 bits per heavy atom. The summed E-state index contributed by atoms with van der Waals surface area (Å²) in [7, 11) is 1.77. The summed E-state index contributed by atoms with van der Waals surface area (Å²) in [5, 5.41) is 0. The number of benzene rings is 1. The molecule has 1 rings (SSSR count). The van der Waals surface area contributed by atoms with E-state index in [1.807, 2.05) is 18.2 Å². The van der Waals surface area contributed by atoms with E-state index in [2.05, 4.69) is 12.1 Å². The molecule has 1 amide bonds. The Morgan fingerprint density at radius 2 is 2.08 bits per heavy atom. The van der Waals surface area contributed by atoms with Gasteiger partial charge in [-0.05, 0) is 23.9 Å². The van der Waals surface area contributed by atoms with Gasteiger partial charge in [0.1, 0.15) is 0 Å². The summed E-state index contributed by atoms with van der Waals surface area (Å²) >= 11 is 1.54. The van der Waals surface area contributed by atoms with Crippen LogP contribution in [0.3, 0.4) is 0 Å². The molecule has 0 heterocycles. The molecule has 0 spiro atoms. The zero-order valence-corrected chi connectivity index (χ0v) is 8.46. The molecule has 0 bridgehead atoms. The van der Waals surface area contributed by atoms with Gasteiger partial charge in [0.25, 0.3) is 0 Å². The molecule has 0 saturated carbocycles. The maximum absolute atomic E-state index is 10.3. The third-order valence-electron chi connectivity index (χ3n) is 1.68. The van der Waals surface area contributed by atoms with Gasteiger partial charge in [-0.3, -0.25) is 9.10 Å². The molecular formula is C10H13NOS. The van der Waals surface area contributed by atoms with E-state index in [-0.39, 0.29) is 0 Å². The van der Waals surface area contributed by atoms with Gasteiger partial charge in [0.05, 0.1) is 0 Å². The lowest BCUT2D eigenvalue weighted by Gasteiger charge is -2.08. The number of nitrogens with zero attached hydrogens (tertiary/aromatic N) is 1. The first-order valence-electron chi connectivity index (χ1n) is 4.18. The minimum absolute atomic E-state index is 0.829. The molecular weight excluding hydrogens is 182 g/mol. The Kier molecular flexibility index (Phi) is 4.40. The fraction of sp³-hybridized carbons (Fsp3) is 0.300. The minimum atomic E-state index is 0.829. The molecule has 0 atom stereocenters. The Labute approximate surface area is 83.1 Å². The van der Waals surface area contributed by atoms with Gasteiger partial charge in [-0.2, -0.15) is 0 Å². The van der Waals surface area contributed by atoms with Gasteiger partial charge in [-0.1, -0.05) is 30.3 Å². The quantitative estimate of drug-likeness (QED) is 0.529. The second kappa shape index (κ2) is 5.65. The summed E-state index contributed by atoms with van der Waals surface area (Å²) in [5.74, 6) is 0.944. The Morgan fingerprint density at radius 3 is 2.69 bits per heavy atom. The molecule has 13 heavy (non-hydrogen) atoms. The van der Waals surface area contributed by atoms with E-state index in [4.69, 9.17) is 0 Å². The van der Waals surface area contributed by atoms with Crippen LogP contribution in [0.4, 0.5) is 0 Å². The van der Waals surface area contributed by atoms with Crippen molar-refractivity contribution in [2.24, 2.45) is 0 Å². The van der Waals surface area contributed by atoms with Gasteiger partial charge in [-0.15, -0.1) is 0 Å². The molecule has 2 nitrogen and oxygen atoms in total. The van der Waals surface area contributed by atoms with E-state index in [1.54, 1.807) is 11.4 Å². The van der Waals surface area contributed by atoms with Crippen LogP contribution in [-0.4, -0.2) is 23.5 Å². The third-order valence-corrected chi connectivity index (χ3v) is 2.56. The maximum atomic E-state index is 10.3. The average molecular weight is 195 g/mol. The molecule has 0 aliphatic carbocycles. The SMILES string of the molecule is CN(C=O)SCCc1ccccc1. The molecule has 0 aliphatic rings. The second-order valence-corrected chi connectivity index (χ2v) is 3.96. The van der Waals surface area contributed by atoms with Gasteiger partial charge in [0.15, 0.2) is 0 Å². The molecule has 0 N–H and O–H groups in total. The molecule has 70 valence electrons. The van der Waals surface area contributed by atoms with E-state index in [0.29, 0.717) is 0 Å². The first-order valence-corrected chi connectivity index (χ1v) is 5.12. The lowest BCUT2D eigenvalue weighted by Crippen LogP contribution is -2.06. The van der Waals surface area contributed by atoms with Crippen molar-refractivity contribution in [3.8, 4) is 0 Å². The smallest absolute Gasteiger partial charge is 0.219 e. The number of hydrogen-bond acceptors (Lipinski definition) is 2. The number of rotatable bonds is 5. The van der Waals surface area contributed by atoms with Crippen LogP contribution in [0.5, 0.6) is 0 Å². The molecule has 0 fully saturated rings. The van der Waals surface area contributed by atoms with Crippen molar-refractivity contribution in [2.45, 2.75) is 6.42 Å². The lowest BCUT2D eigenvalue weighted by molar-refractivity contribution is -0.113. The largest absolute Gasteiger partial charge is 0.292 e. The van der Waals surface area contributed by atoms with Gasteiger partial charge in [-0.25, -0.2) is 0 Å². The molecule has 0 aromatic heterocycles. The Balaban J connectivity index is 2.24. The van der Waals surface area contributed by atoms with Crippen LogP contribution >= 0.6 is 11.9 Å². The van der Waals surface area contributed by atoms with Crippen molar-refractivity contribution in [2.75, 3.05) is 12.8 Å².